The van der Waals surface area contributed by atoms with E-state index < -0.39 is 53.2 Å². The highest BCUT2D eigenvalue weighted by molar-refractivity contribution is 5.66. The van der Waals surface area contributed by atoms with Crippen molar-refractivity contribution in [3.63, 3.8) is 0 Å². The number of hydrogen-bond acceptors (Lipinski definition) is 12. The van der Waals surface area contributed by atoms with Crippen molar-refractivity contribution < 1.29 is 58.0 Å². The van der Waals surface area contributed by atoms with Gasteiger partial charge in [0.15, 0.2) is 23.1 Å². The first kappa shape index (κ1) is 43.5. The minimum Gasteiger partial charge on any atom is -0.481 e. The molecule has 9 aliphatic rings. The van der Waals surface area contributed by atoms with Gasteiger partial charge in [0.1, 0.15) is 17.9 Å². The number of ether oxygens (including phenoxy) is 8. The average Bonchev–Trinajstić information content (AvgIpc) is 3.86. The fourth-order valence-electron chi connectivity index (χ4n) is 12.8. The minimum atomic E-state index is -1.84. The third kappa shape index (κ3) is 8.03. The minimum absolute atomic E-state index is 0.00991. The molecule has 0 aromatic heterocycles. The third-order valence-corrected chi connectivity index (χ3v) is 15.8. The van der Waals surface area contributed by atoms with Gasteiger partial charge >= 0.3 is 5.97 Å². The maximum atomic E-state index is 12.2. The lowest BCUT2D eigenvalue weighted by atomic mass is 9.79. The Bertz CT molecular complexity index is 1710. The Morgan fingerprint density at radius 3 is 2.50 bits per heavy atom. The number of fused-ring (bicyclic) bond motifs is 5. The molecule has 0 aliphatic carbocycles. The zero-order valence-electron chi connectivity index (χ0n) is 36.6. The summed E-state index contributed by atoms with van der Waals surface area (Å²) >= 11 is 0. The number of nitrogens with one attached hydrogen (secondary N) is 1. The van der Waals surface area contributed by atoms with Crippen molar-refractivity contribution in [1.29, 1.82) is 0 Å². The number of allylic oxidation sites excluding steroid dienone is 1. The van der Waals surface area contributed by atoms with Crippen LogP contribution in [0.25, 0.3) is 0 Å². The monoisotopic (exact) mass is 841 g/mol. The molecule has 336 valence electrons. The highest BCUT2D eigenvalue weighted by Crippen LogP contribution is 2.56. The van der Waals surface area contributed by atoms with Crippen LogP contribution in [0.2, 0.25) is 0 Å². The van der Waals surface area contributed by atoms with Gasteiger partial charge in [-0.05, 0) is 68.3 Å². The van der Waals surface area contributed by atoms with E-state index in [-0.39, 0.29) is 61.3 Å². The molecule has 0 radical (unpaired) electrons. The molecular weight excluding hydrogens is 771 g/mol. The number of rotatable bonds is 9. The summed E-state index contributed by atoms with van der Waals surface area (Å²) in [4.78, 5) is 11.0. The van der Waals surface area contributed by atoms with E-state index in [0.29, 0.717) is 69.1 Å². The van der Waals surface area contributed by atoms with Crippen LogP contribution in [-0.2, 0) is 42.7 Å². The summed E-state index contributed by atoms with van der Waals surface area (Å²) in [5.41, 5.74) is 1.55. The van der Waals surface area contributed by atoms with Crippen LogP contribution in [0.15, 0.2) is 36.0 Å². The predicted molar refractivity (Wildman–Crippen MR) is 219 cm³/mol. The number of carbonyl (C=O) groups is 1. The smallest absolute Gasteiger partial charge is 0.303 e. The lowest BCUT2D eigenvalue weighted by Gasteiger charge is -2.52. The molecule has 0 unspecified atom stereocenters. The van der Waals surface area contributed by atoms with Crippen molar-refractivity contribution in [3.8, 4) is 0 Å². The molecule has 0 aromatic rings. The molecule has 19 atom stereocenters. The molecule has 0 amide bonds. The lowest BCUT2D eigenvalue weighted by molar-refractivity contribution is -0.366. The van der Waals surface area contributed by atoms with E-state index in [9.17, 15) is 15.0 Å². The summed E-state index contributed by atoms with van der Waals surface area (Å²) in [5, 5.41) is 36.9. The molecule has 60 heavy (non-hydrogen) atoms. The standard InChI is InChI=1S/C47H71NO12/c1-26-17-33(10-8-9-11-39(49)50)54-43(21-26)14-15-47(60-43)32(7)19-34-35(57-47)20-37(53-34)42(51)46(52)13-12-29(4)40(59-46)30(5)23-44-22-27(2)18-36(55-44)41-38(56-44)24-45(58-41)31(6)16-28(3)25-48-45/h8,10,17,27-29,31-38,40-42,48,51-52H,5,9,11-16,18-25H2,1-4,6-7H3,(H,49,50)/t27-,28+,29-,31-,32+,33+,34+,35+,36+,37-,38+,40-,41+,42+,43+,44-,45-,46+,47-/m0/s1. The number of aliphatic hydroxyl groups is 2. The van der Waals surface area contributed by atoms with Crippen LogP contribution in [0.4, 0.5) is 0 Å². The maximum Gasteiger partial charge on any atom is 0.303 e. The van der Waals surface area contributed by atoms with E-state index in [2.05, 4.69) is 59.5 Å². The molecule has 13 nitrogen and oxygen atoms in total. The number of carboxylic acids is 1. The predicted octanol–water partition coefficient (Wildman–Crippen LogP) is 6.40. The molecule has 9 aliphatic heterocycles. The fourth-order valence-corrected chi connectivity index (χ4v) is 12.8. The molecule has 0 saturated carbocycles. The highest BCUT2D eigenvalue weighted by Gasteiger charge is 2.64. The van der Waals surface area contributed by atoms with Crippen molar-refractivity contribution >= 4 is 5.97 Å². The normalized spacial score (nSPS) is 51.8. The third-order valence-electron chi connectivity index (χ3n) is 15.8. The molecule has 0 aromatic carbocycles. The summed E-state index contributed by atoms with van der Waals surface area (Å²) in [6.07, 6.45) is 10.5. The van der Waals surface area contributed by atoms with E-state index in [1.54, 1.807) is 0 Å². The summed E-state index contributed by atoms with van der Waals surface area (Å²) in [6.45, 7) is 18.6. The van der Waals surface area contributed by atoms with Gasteiger partial charge in [-0.15, -0.1) is 0 Å². The van der Waals surface area contributed by atoms with Crippen molar-refractivity contribution in [2.45, 2.75) is 215 Å². The number of hydrogen-bond donors (Lipinski definition) is 4. The summed E-state index contributed by atoms with van der Waals surface area (Å²) in [7, 11) is 0. The van der Waals surface area contributed by atoms with Crippen LogP contribution >= 0.6 is 0 Å². The van der Waals surface area contributed by atoms with Gasteiger partial charge < -0.3 is 53.2 Å². The van der Waals surface area contributed by atoms with E-state index in [0.717, 1.165) is 43.4 Å². The molecule has 3 spiro atoms. The van der Waals surface area contributed by atoms with Gasteiger partial charge in [0, 0.05) is 70.3 Å². The summed E-state index contributed by atoms with van der Waals surface area (Å²) in [6, 6.07) is 0. The SMILES string of the molecule is C=C(C[C@@]12C[C@@H](C)C[C@@H](O1)[C@H]1O[C@]3(C[C@H]1O2)NC[C@H](C)C[C@@H]3C)[C@H]1O[C@@](O)([C@H](O)[C@@H]2C[C@H]3O[C@]4(CC[C@]5(CC(C)=C[C@@H](C=CCCC(=O)O)O5)O4)[C@H](C)C[C@H]3O2)CC[C@@H]1C. The Balaban J connectivity index is 0.835. The average molecular weight is 842 g/mol. The van der Waals surface area contributed by atoms with Gasteiger partial charge in [-0.3, -0.25) is 10.1 Å². The van der Waals surface area contributed by atoms with Crippen molar-refractivity contribution in [1.82, 2.24) is 5.32 Å². The van der Waals surface area contributed by atoms with Crippen LogP contribution in [0.5, 0.6) is 0 Å². The molecule has 4 N–H and O–H groups in total. The molecule has 13 heteroatoms. The maximum absolute atomic E-state index is 12.2. The van der Waals surface area contributed by atoms with E-state index in [1.807, 2.05) is 12.2 Å². The number of piperidine rings is 1. The van der Waals surface area contributed by atoms with Crippen LogP contribution in [-0.4, -0.2) is 112 Å². The second-order valence-corrected chi connectivity index (χ2v) is 20.9. The zero-order chi connectivity index (χ0) is 42.4. The van der Waals surface area contributed by atoms with Gasteiger partial charge in [-0.25, -0.2) is 0 Å². The number of carboxylic acid groups (broad SMARTS) is 1. The zero-order valence-corrected chi connectivity index (χ0v) is 36.6. The van der Waals surface area contributed by atoms with Gasteiger partial charge in [-0.2, -0.15) is 0 Å². The van der Waals surface area contributed by atoms with E-state index >= 15 is 0 Å². The van der Waals surface area contributed by atoms with Crippen LogP contribution in [0, 0.1) is 29.6 Å². The molecule has 9 rings (SSSR count). The first-order valence-electron chi connectivity index (χ1n) is 23.2. The molecular formula is C47H71NO12. The molecule has 8 saturated heterocycles. The van der Waals surface area contributed by atoms with Crippen LogP contribution in [0.3, 0.4) is 0 Å². The fraction of sp³-hybridized carbons (Fsp3) is 0.851. The molecule has 8 fully saturated rings. The quantitative estimate of drug-likeness (QED) is 0.189. The Morgan fingerprint density at radius 1 is 0.917 bits per heavy atom. The van der Waals surface area contributed by atoms with Gasteiger partial charge in [0.05, 0.1) is 42.7 Å². The Labute approximate surface area is 355 Å². The van der Waals surface area contributed by atoms with Crippen LogP contribution in [0.1, 0.15) is 131 Å². The Kier molecular flexibility index (Phi) is 11.6. The van der Waals surface area contributed by atoms with E-state index in [4.69, 9.17) is 43.0 Å². The topological polar surface area (TPSA) is 164 Å². The largest absolute Gasteiger partial charge is 0.481 e. The second-order valence-electron chi connectivity index (χ2n) is 20.9. The second kappa shape index (κ2) is 16.0. The van der Waals surface area contributed by atoms with Crippen molar-refractivity contribution in [3.05, 3.63) is 36.0 Å². The van der Waals surface area contributed by atoms with Gasteiger partial charge in [-0.1, -0.05) is 65.0 Å². The molecule has 2 bridgehead atoms. The first-order chi connectivity index (χ1) is 28.4. The van der Waals surface area contributed by atoms with Crippen LogP contribution < -0.4 is 5.32 Å². The van der Waals surface area contributed by atoms with Gasteiger partial charge in [0.2, 0.25) is 0 Å². The Morgan fingerprint density at radius 2 is 1.72 bits per heavy atom. The number of aliphatic hydroxyl groups excluding tert-OH is 1. The number of aliphatic carboxylic acids is 1. The van der Waals surface area contributed by atoms with Crippen molar-refractivity contribution in [2.24, 2.45) is 29.6 Å². The Hall–Kier alpha value is -1.75. The van der Waals surface area contributed by atoms with Crippen molar-refractivity contribution in [2.75, 3.05) is 6.54 Å². The highest BCUT2D eigenvalue weighted by atomic mass is 16.8. The van der Waals surface area contributed by atoms with E-state index in [1.165, 1.54) is 0 Å². The summed E-state index contributed by atoms with van der Waals surface area (Å²) in [5.74, 6) is -3.85. The van der Waals surface area contributed by atoms with Gasteiger partial charge in [0.25, 0.3) is 0 Å². The lowest BCUT2D eigenvalue weighted by Crippen LogP contribution is -2.60. The first-order valence-corrected chi connectivity index (χ1v) is 23.2. The summed E-state index contributed by atoms with van der Waals surface area (Å²) < 4.78 is 54.2. The molecule has 9 heterocycles.